The first-order valence-corrected chi connectivity index (χ1v) is 11.5. The van der Waals surface area contributed by atoms with Gasteiger partial charge in [0.2, 0.25) is 11.9 Å². The fourth-order valence-electron chi connectivity index (χ4n) is 4.05. The molecule has 1 aliphatic rings. The van der Waals surface area contributed by atoms with E-state index in [2.05, 4.69) is 10.6 Å². The SMILES string of the molecule is COc1cc2nc(Nc3cccc(N(C)C)c3)nc(NCCCN3CCCC3=O)c2cc1OC. The Kier molecular flexibility index (Phi) is 7.20. The van der Waals surface area contributed by atoms with Gasteiger partial charge in [-0.05, 0) is 37.1 Å². The van der Waals surface area contributed by atoms with E-state index in [0.29, 0.717) is 36.2 Å². The van der Waals surface area contributed by atoms with Crippen LogP contribution in [0.2, 0.25) is 0 Å². The van der Waals surface area contributed by atoms with Crippen molar-refractivity contribution in [2.45, 2.75) is 19.3 Å². The Morgan fingerprint density at radius 1 is 1.09 bits per heavy atom. The predicted octanol–water partition coefficient (Wildman–Crippen LogP) is 3.88. The van der Waals surface area contributed by atoms with Crippen molar-refractivity contribution >= 4 is 40.0 Å². The summed E-state index contributed by atoms with van der Waals surface area (Å²) < 4.78 is 11.0. The minimum Gasteiger partial charge on any atom is -0.493 e. The standard InChI is InChI=1S/C25H32N6O3/c1-30(2)18-9-5-8-17(14-18)27-25-28-20-16-22(34-4)21(33-3)15-19(20)24(29-25)26-11-7-13-31-12-6-10-23(31)32/h5,8-9,14-16H,6-7,10-13H2,1-4H3,(H2,26,27,28,29). The Labute approximate surface area is 200 Å². The molecule has 0 atom stereocenters. The molecule has 0 unspecified atom stereocenters. The van der Waals surface area contributed by atoms with Crippen LogP contribution in [0.4, 0.5) is 23.1 Å². The molecule has 2 N–H and O–H groups in total. The second-order valence-corrected chi connectivity index (χ2v) is 8.45. The lowest BCUT2D eigenvalue weighted by Gasteiger charge is -2.17. The van der Waals surface area contributed by atoms with Gasteiger partial charge in [0.05, 0.1) is 19.7 Å². The minimum atomic E-state index is 0.246. The Morgan fingerprint density at radius 2 is 1.88 bits per heavy atom. The number of likely N-dealkylation sites (tertiary alicyclic amines) is 1. The van der Waals surface area contributed by atoms with Gasteiger partial charge in [-0.2, -0.15) is 4.98 Å². The molecule has 1 saturated heterocycles. The molecule has 1 fully saturated rings. The topological polar surface area (TPSA) is 91.9 Å². The van der Waals surface area contributed by atoms with Gasteiger partial charge in [0.15, 0.2) is 11.5 Å². The molecule has 9 heteroatoms. The number of rotatable bonds is 10. The van der Waals surface area contributed by atoms with E-state index >= 15 is 0 Å². The van der Waals surface area contributed by atoms with Crippen LogP contribution in [-0.4, -0.2) is 68.7 Å². The van der Waals surface area contributed by atoms with E-state index in [9.17, 15) is 4.79 Å². The van der Waals surface area contributed by atoms with Crippen molar-refractivity contribution in [3.63, 3.8) is 0 Å². The molecule has 3 aromatic rings. The highest BCUT2D eigenvalue weighted by Crippen LogP contribution is 2.35. The molecule has 1 aliphatic heterocycles. The fraction of sp³-hybridized carbons (Fsp3) is 0.400. The lowest BCUT2D eigenvalue weighted by Crippen LogP contribution is -2.27. The van der Waals surface area contributed by atoms with Gasteiger partial charge in [-0.25, -0.2) is 4.98 Å². The number of hydrogen-bond donors (Lipinski definition) is 2. The smallest absolute Gasteiger partial charge is 0.229 e. The number of nitrogens with zero attached hydrogens (tertiary/aromatic N) is 4. The van der Waals surface area contributed by atoms with Gasteiger partial charge in [-0.3, -0.25) is 4.79 Å². The van der Waals surface area contributed by atoms with Gasteiger partial charge in [0.1, 0.15) is 5.82 Å². The molecule has 9 nitrogen and oxygen atoms in total. The summed E-state index contributed by atoms with van der Waals surface area (Å²) >= 11 is 0. The Bertz CT molecular complexity index is 1170. The second-order valence-electron chi connectivity index (χ2n) is 8.45. The number of fused-ring (bicyclic) bond motifs is 1. The van der Waals surface area contributed by atoms with Crippen LogP contribution in [0.25, 0.3) is 10.9 Å². The molecule has 0 spiro atoms. The van der Waals surface area contributed by atoms with E-state index in [1.165, 1.54) is 0 Å². The van der Waals surface area contributed by atoms with Gasteiger partial charge in [0, 0.05) is 63.0 Å². The number of methoxy groups -OCH3 is 2. The summed E-state index contributed by atoms with van der Waals surface area (Å²) in [5.74, 6) is 2.64. The zero-order valence-electron chi connectivity index (χ0n) is 20.2. The van der Waals surface area contributed by atoms with E-state index in [-0.39, 0.29) is 5.91 Å². The average Bonchev–Trinajstić information content (AvgIpc) is 3.25. The van der Waals surface area contributed by atoms with Crippen molar-refractivity contribution in [3.05, 3.63) is 36.4 Å². The molecular formula is C25H32N6O3. The zero-order valence-corrected chi connectivity index (χ0v) is 20.2. The predicted molar refractivity (Wildman–Crippen MR) is 136 cm³/mol. The molecule has 0 bridgehead atoms. The number of ether oxygens (including phenoxy) is 2. The summed E-state index contributed by atoms with van der Waals surface area (Å²) in [7, 11) is 7.22. The molecule has 1 aromatic heterocycles. The second kappa shape index (κ2) is 10.5. The molecule has 0 saturated carbocycles. The van der Waals surface area contributed by atoms with Crippen LogP contribution in [-0.2, 0) is 4.79 Å². The van der Waals surface area contributed by atoms with Gasteiger partial charge in [0.25, 0.3) is 0 Å². The lowest BCUT2D eigenvalue weighted by atomic mass is 10.2. The van der Waals surface area contributed by atoms with Gasteiger partial charge >= 0.3 is 0 Å². The largest absolute Gasteiger partial charge is 0.493 e. The number of carbonyl (C=O) groups is 1. The van der Waals surface area contributed by atoms with Crippen molar-refractivity contribution in [1.82, 2.24) is 14.9 Å². The van der Waals surface area contributed by atoms with E-state index in [4.69, 9.17) is 19.4 Å². The first kappa shape index (κ1) is 23.4. The highest BCUT2D eigenvalue weighted by Gasteiger charge is 2.19. The van der Waals surface area contributed by atoms with Crippen molar-refractivity contribution < 1.29 is 14.3 Å². The summed E-state index contributed by atoms with van der Waals surface area (Å²) in [6.45, 7) is 2.28. The molecule has 2 heterocycles. The molecule has 4 rings (SSSR count). The van der Waals surface area contributed by atoms with Crippen LogP contribution in [0.1, 0.15) is 19.3 Å². The van der Waals surface area contributed by atoms with Gasteiger partial charge in [-0.1, -0.05) is 6.07 Å². The maximum absolute atomic E-state index is 11.9. The number of amides is 1. The van der Waals surface area contributed by atoms with E-state index in [0.717, 1.165) is 48.2 Å². The summed E-state index contributed by atoms with van der Waals surface area (Å²) in [6.07, 6.45) is 2.45. The first-order chi connectivity index (χ1) is 16.5. The summed E-state index contributed by atoms with van der Waals surface area (Å²) in [6, 6.07) is 11.8. The highest BCUT2D eigenvalue weighted by molar-refractivity contribution is 5.93. The van der Waals surface area contributed by atoms with Crippen LogP contribution in [0.15, 0.2) is 36.4 Å². The van der Waals surface area contributed by atoms with Crippen LogP contribution in [0.3, 0.4) is 0 Å². The number of benzene rings is 2. The minimum absolute atomic E-state index is 0.246. The van der Waals surface area contributed by atoms with Crippen LogP contribution in [0, 0.1) is 0 Å². The molecule has 1 amide bonds. The first-order valence-electron chi connectivity index (χ1n) is 11.5. The van der Waals surface area contributed by atoms with Gasteiger partial charge < -0.3 is 29.9 Å². The third-order valence-corrected chi connectivity index (χ3v) is 5.89. The van der Waals surface area contributed by atoms with Crippen molar-refractivity contribution in [2.24, 2.45) is 0 Å². The zero-order chi connectivity index (χ0) is 24.1. The van der Waals surface area contributed by atoms with E-state index < -0.39 is 0 Å². The monoisotopic (exact) mass is 464 g/mol. The third-order valence-electron chi connectivity index (χ3n) is 5.89. The number of nitrogens with one attached hydrogen (secondary N) is 2. The van der Waals surface area contributed by atoms with Crippen molar-refractivity contribution in [1.29, 1.82) is 0 Å². The Hall–Kier alpha value is -3.75. The Morgan fingerprint density at radius 3 is 2.59 bits per heavy atom. The highest BCUT2D eigenvalue weighted by atomic mass is 16.5. The maximum Gasteiger partial charge on any atom is 0.229 e. The maximum atomic E-state index is 11.9. The summed E-state index contributed by atoms with van der Waals surface area (Å²) in [4.78, 5) is 25.3. The molecule has 0 aliphatic carbocycles. The summed E-state index contributed by atoms with van der Waals surface area (Å²) in [5, 5.41) is 7.60. The molecular weight excluding hydrogens is 432 g/mol. The summed E-state index contributed by atoms with van der Waals surface area (Å²) in [5.41, 5.74) is 2.70. The number of anilines is 4. The molecule has 34 heavy (non-hydrogen) atoms. The number of aromatic nitrogens is 2. The van der Waals surface area contributed by atoms with E-state index in [1.807, 2.05) is 60.3 Å². The fourth-order valence-corrected chi connectivity index (χ4v) is 4.05. The lowest BCUT2D eigenvalue weighted by molar-refractivity contribution is -0.127. The molecule has 180 valence electrons. The number of carbonyl (C=O) groups excluding carboxylic acids is 1. The Balaban J connectivity index is 1.60. The molecule has 0 radical (unpaired) electrons. The normalized spacial score (nSPS) is 13.3. The van der Waals surface area contributed by atoms with Gasteiger partial charge in [-0.15, -0.1) is 0 Å². The van der Waals surface area contributed by atoms with Crippen molar-refractivity contribution in [2.75, 3.05) is 63.5 Å². The van der Waals surface area contributed by atoms with Crippen LogP contribution < -0.4 is 25.0 Å². The van der Waals surface area contributed by atoms with E-state index in [1.54, 1.807) is 14.2 Å². The van der Waals surface area contributed by atoms with Crippen LogP contribution >= 0.6 is 0 Å². The molecule has 2 aromatic carbocycles. The quantitative estimate of drug-likeness (QED) is 0.437. The third kappa shape index (κ3) is 5.24. The number of hydrogen-bond acceptors (Lipinski definition) is 8. The average molecular weight is 465 g/mol. The van der Waals surface area contributed by atoms with Crippen molar-refractivity contribution in [3.8, 4) is 11.5 Å². The van der Waals surface area contributed by atoms with Crippen LogP contribution in [0.5, 0.6) is 11.5 Å².